The van der Waals surface area contributed by atoms with Crippen molar-refractivity contribution in [2.24, 2.45) is 0 Å². The molecule has 2 rings (SSSR count). The summed E-state index contributed by atoms with van der Waals surface area (Å²) >= 11 is 0. The number of ether oxygens (including phenoxy) is 3. The van der Waals surface area contributed by atoms with Gasteiger partial charge in [-0.1, -0.05) is 12.1 Å². The van der Waals surface area contributed by atoms with Crippen molar-refractivity contribution >= 4 is 11.9 Å². The topological polar surface area (TPSA) is 73.9 Å². The summed E-state index contributed by atoms with van der Waals surface area (Å²) in [6, 6.07) is 14.2. The van der Waals surface area contributed by atoms with E-state index in [1.54, 1.807) is 31.4 Å². The monoisotopic (exact) mass is 357 g/mol. The second-order valence-electron chi connectivity index (χ2n) is 5.48. The van der Waals surface area contributed by atoms with Crippen LogP contribution in [0.2, 0.25) is 0 Å². The van der Waals surface area contributed by atoms with Crippen LogP contribution in [-0.2, 0) is 16.0 Å². The Kier molecular flexibility index (Phi) is 7.49. The molecule has 0 fully saturated rings. The van der Waals surface area contributed by atoms with Gasteiger partial charge in [0, 0.05) is 6.54 Å². The average molecular weight is 357 g/mol. The highest BCUT2D eigenvalue weighted by atomic mass is 16.5. The maximum atomic E-state index is 11.9. The standard InChI is InChI=1S/C20H23NO5/c1-3-25-18-10-6-16(7-11-18)20(23)26-14-19(22)21-13-12-15-4-8-17(24-2)9-5-15/h4-11H,3,12-14H2,1-2H3,(H,21,22). The number of nitrogens with one attached hydrogen (secondary N) is 1. The van der Waals surface area contributed by atoms with Crippen LogP contribution in [0, 0.1) is 0 Å². The molecule has 2 aromatic carbocycles. The number of amides is 1. The molecule has 1 N–H and O–H groups in total. The molecule has 1 amide bonds. The molecule has 0 saturated heterocycles. The average Bonchev–Trinajstić information content (AvgIpc) is 2.67. The van der Waals surface area contributed by atoms with Crippen LogP contribution in [0.5, 0.6) is 11.5 Å². The zero-order chi connectivity index (χ0) is 18.8. The van der Waals surface area contributed by atoms with Gasteiger partial charge in [-0.15, -0.1) is 0 Å². The molecule has 0 unspecified atom stereocenters. The first-order valence-corrected chi connectivity index (χ1v) is 8.42. The number of carbonyl (C=O) groups excluding carboxylic acids is 2. The van der Waals surface area contributed by atoms with Gasteiger partial charge in [-0.2, -0.15) is 0 Å². The molecule has 0 radical (unpaired) electrons. The Labute approximate surface area is 153 Å². The molecular formula is C20H23NO5. The van der Waals surface area contributed by atoms with Gasteiger partial charge in [0.1, 0.15) is 11.5 Å². The molecule has 0 bridgehead atoms. The van der Waals surface area contributed by atoms with Gasteiger partial charge in [-0.25, -0.2) is 4.79 Å². The molecule has 2 aromatic rings. The van der Waals surface area contributed by atoms with Crippen LogP contribution in [0.25, 0.3) is 0 Å². The lowest BCUT2D eigenvalue weighted by atomic mass is 10.1. The second-order valence-corrected chi connectivity index (χ2v) is 5.48. The van der Waals surface area contributed by atoms with Crippen LogP contribution >= 0.6 is 0 Å². The fraction of sp³-hybridized carbons (Fsp3) is 0.300. The van der Waals surface area contributed by atoms with Gasteiger partial charge in [-0.3, -0.25) is 4.79 Å². The van der Waals surface area contributed by atoms with Gasteiger partial charge in [-0.05, 0) is 55.3 Å². The van der Waals surface area contributed by atoms with E-state index in [9.17, 15) is 9.59 Å². The fourth-order valence-electron chi connectivity index (χ4n) is 2.26. The Bertz CT molecular complexity index is 710. The van der Waals surface area contributed by atoms with Crippen LogP contribution in [0.4, 0.5) is 0 Å². The van der Waals surface area contributed by atoms with Crippen LogP contribution in [0.15, 0.2) is 48.5 Å². The number of methoxy groups -OCH3 is 1. The van der Waals surface area contributed by atoms with E-state index in [-0.39, 0.29) is 12.5 Å². The summed E-state index contributed by atoms with van der Waals surface area (Å²) in [5.74, 6) is 0.593. The zero-order valence-corrected chi connectivity index (χ0v) is 15.0. The maximum absolute atomic E-state index is 11.9. The number of rotatable bonds is 9. The first kappa shape index (κ1) is 19.3. The summed E-state index contributed by atoms with van der Waals surface area (Å²) in [4.78, 5) is 23.7. The van der Waals surface area contributed by atoms with Crippen LogP contribution in [0.1, 0.15) is 22.8 Å². The Morgan fingerprint density at radius 2 is 1.62 bits per heavy atom. The third kappa shape index (κ3) is 6.12. The van der Waals surface area contributed by atoms with E-state index < -0.39 is 5.97 Å². The van der Waals surface area contributed by atoms with Gasteiger partial charge in [0.2, 0.25) is 0 Å². The minimum Gasteiger partial charge on any atom is -0.497 e. The van der Waals surface area contributed by atoms with Crippen molar-refractivity contribution in [3.63, 3.8) is 0 Å². The predicted molar refractivity (Wildman–Crippen MR) is 97.6 cm³/mol. The SMILES string of the molecule is CCOc1ccc(C(=O)OCC(=O)NCCc2ccc(OC)cc2)cc1. The van der Waals surface area contributed by atoms with Crippen LogP contribution < -0.4 is 14.8 Å². The Balaban J connectivity index is 1.69. The van der Waals surface area contributed by atoms with Gasteiger partial charge in [0.15, 0.2) is 6.61 Å². The van der Waals surface area contributed by atoms with Gasteiger partial charge >= 0.3 is 5.97 Å². The van der Waals surface area contributed by atoms with Gasteiger partial charge in [0.05, 0.1) is 19.3 Å². The van der Waals surface area contributed by atoms with Crippen molar-refractivity contribution in [1.82, 2.24) is 5.32 Å². The highest BCUT2D eigenvalue weighted by Crippen LogP contribution is 2.13. The predicted octanol–water partition coefficient (Wildman–Crippen LogP) is 2.61. The number of esters is 1. The van der Waals surface area contributed by atoms with Crippen molar-refractivity contribution in [3.05, 3.63) is 59.7 Å². The van der Waals surface area contributed by atoms with E-state index in [1.165, 1.54) is 0 Å². The second kappa shape index (κ2) is 10.1. The zero-order valence-electron chi connectivity index (χ0n) is 15.0. The molecular weight excluding hydrogens is 334 g/mol. The molecule has 0 atom stereocenters. The van der Waals surface area contributed by atoms with Crippen molar-refractivity contribution in [3.8, 4) is 11.5 Å². The lowest BCUT2D eigenvalue weighted by Crippen LogP contribution is -2.30. The van der Waals surface area contributed by atoms with Crippen molar-refractivity contribution in [1.29, 1.82) is 0 Å². The minimum absolute atomic E-state index is 0.311. The first-order valence-electron chi connectivity index (χ1n) is 8.42. The molecule has 0 saturated carbocycles. The third-order valence-corrected chi connectivity index (χ3v) is 3.63. The van der Waals surface area contributed by atoms with E-state index in [4.69, 9.17) is 14.2 Å². The summed E-state index contributed by atoms with van der Waals surface area (Å²) in [6.45, 7) is 2.59. The summed E-state index contributed by atoms with van der Waals surface area (Å²) in [5, 5.41) is 2.73. The van der Waals surface area contributed by atoms with Crippen LogP contribution in [0.3, 0.4) is 0 Å². The first-order chi connectivity index (χ1) is 12.6. The molecule has 6 heteroatoms. The quantitative estimate of drug-likeness (QED) is 0.699. The molecule has 138 valence electrons. The number of hydrogen-bond acceptors (Lipinski definition) is 5. The highest BCUT2D eigenvalue weighted by molar-refractivity contribution is 5.91. The minimum atomic E-state index is -0.543. The molecule has 0 aliphatic carbocycles. The summed E-state index contributed by atoms with van der Waals surface area (Å²) < 4.78 is 15.4. The highest BCUT2D eigenvalue weighted by Gasteiger charge is 2.10. The largest absolute Gasteiger partial charge is 0.497 e. The van der Waals surface area contributed by atoms with E-state index in [2.05, 4.69) is 5.32 Å². The van der Waals surface area contributed by atoms with E-state index in [0.717, 1.165) is 11.3 Å². The molecule has 0 aliphatic rings. The number of hydrogen-bond donors (Lipinski definition) is 1. The maximum Gasteiger partial charge on any atom is 0.338 e. The van der Waals surface area contributed by atoms with E-state index in [0.29, 0.717) is 30.9 Å². The summed E-state index contributed by atoms with van der Waals surface area (Å²) in [5.41, 5.74) is 1.46. The number of carbonyl (C=O) groups is 2. The van der Waals surface area contributed by atoms with Gasteiger partial charge in [0.25, 0.3) is 5.91 Å². The van der Waals surface area contributed by atoms with E-state index in [1.807, 2.05) is 31.2 Å². The Morgan fingerprint density at radius 3 is 2.23 bits per heavy atom. The van der Waals surface area contributed by atoms with Crippen molar-refractivity contribution < 1.29 is 23.8 Å². The Morgan fingerprint density at radius 1 is 0.962 bits per heavy atom. The number of benzene rings is 2. The van der Waals surface area contributed by atoms with Crippen molar-refractivity contribution in [2.75, 3.05) is 26.9 Å². The molecule has 0 aromatic heterocycles. The Hall–Kier alpha value is -3.02. The molecule has 0 heterocycles. The molecule has 26 heavy (non-hydrogen) atoms. The third-order valence-electron chi connectivity index (χ3n) is 3.63. The molecule has 0 aliphatic heterocycles. The fourth-order valence-corrected chi connectivity index (χ4v) is 2.26. The van der Waals surface area contributed by atoms with Crippen LogP contribution in [-0.4, -0.2) is 38.7 Å². The van der Waals surface area contributed by atoms with Crippen molar-refractivity contribution in [2.45, 2.75) is 13.3 Å². The summed E-state index contributed by atoms with van der Waals surface area (Å²) in [7, 11) is 1.61. The normalized spacial score (nSPS) is 10.1. The molecule has 0 spiro atoms. The smallest absolute Gasteiger partial charge is 0.338 e. The lowest BCUT2D eigenvalue weighted by molar-refractivity contribution is -0.124. The lowest BCUT2D eigenvalue weighted by Gasteiger charge is -2.08. The van der Waals surface area contributed by atoms with E-state index >= 15 is 0 Å². The molecule has 6 nitrogen and oxygen atoms in total. The van der Waals surface area contributed by atoms with Gasteiger partial charge < -0.3 is 19.5 Å². The summed E-state index contributed by atoms with van der Waals surface area (Å²) in [6.07, 6.45) is 0.683.